The molecule has 1 fully saturated rings. The molecule has 0 N–H and O–H groups in total. The summed E-state index contributed by atoms with van der Waals surface area (Å²) in [7, 11) is 0. The third-order valence-electron chi connectivity index (χ3n) is 3.30. The standard InChI is InChI=1S/C14H24O6/c1-4-17-13(15)18-10(2)11(3)19-14(16)20-12-8-6-5-7-9-12/h10-12H,4-9H2,1-3H3. The highest BCUT2D eigenvalue weighted by atomic mass is 16.8. The van der Waals surface area contributed by atoms with Crippen LogP contribution in [-0.2, 0) is 18.9 Å². The molecule has 2 atom stereocenters. The highest BCUT2D eigenvalue weighted by molar-refractivity contribution is 5.61. The maximum absolute atomic E-state index is 11.6. The lowest BCUT2D eigenvalue weighted by Crippen LogP contribution is -2.32. The van der Waals surface area contributed by atoms with Crippen LogP contribution in [0, 0.1) is 0 Å². The lowest BCUT2D eigenvalue weighted by atomic mass is 9.98. The van der Waals surface area contributed by atoms with Crippen LogP contribution in [0.5, 0.6) is 0 Å². The van der Waals surface area contributed by atoms with E-state index in [-0.39, 0.29) is 12.7 Å². The molecule has 0 aliphatic heterocycles. The largest absolute Gasteiger partial charge is 0.508 e. The fraction of sp³-hybridized carbons (Fsp3) is 0.857. The first kappa shape index (κ1) is 16.6. The van der Waals surface area contributed by atoms with Gasteiger partial charge >= 0.3 is 12.3 Å². The van der Waals surface area contributed by atoms with Crippen LogP contribution in [0.15, 0.2) is 0 Å². The Bertz CT molecular complexity index is 311. The van der Waals surface area contributed by atoms with Crippen LogP contribution in [0.25, 0.3) is 0 Å². The minimum absolute atomic E-state index is 0.0512. The summed E-state index contributed by atoms with van der Waals surface area (Å²) in [6.07, 6.45) is 2.42. The second kappa shape index (κ2) is 8.66. The Balaban J connectivity index is 2.27. The van der Waals surface area contributed by atoms with Gasteiger partial charge in [-0.2, -0.15) is 0 Å². The second-order valence-electron chi connectivity index (χ2n) is 4.96. The first-order chi connectivity index (χ1) is 9.52. The van der Waals surface area contributed by atoms with E-state index in [1.807, 2.05) is 0 Å². The Morgan fingerprint density at radius 1 is 1.00 bits per heavy atom. The average molecular weight is 288 g/mol. The van der Waals surface area contributed by atoms with Gasteiger partial charge in [0.25, 0.3) is 0 Å². The summed E-state index contributed by atoms with van der Waals surface area (Å²) in [5.41, 5.74) is 0. The van der Waals surface area contributed by atoms with Crippen molar-refractivity contribution >= 4 is 12.3 Å². The number of rotatable bonds is 5. The molecule has 0 spiro atoms. The molecule has 0 radical (unpaired) electrons. The first-order valence-electron chi connectivity index (χ1n) is 7.23. The molecule has 0 aromatic rings. The molecule has 1 aliphatic rings. The van der Waals surface area contributed by atoms with Gasteiger partial charge in [-0.05, 0) is 46.5 Å². The zero-order valence-electron chi connectivity index (χ0n) is 12.4. The third kappa shape index (κ3) is 6.12. The van der Waals surface area contributed by atoms with Crippen molar-refractivity contribution in [2.45, 2.75) is 71.2 Å². The van der Waals surface area contributed by atoms with E-state index in [9.17, 15) is 9.59 Å². The maximum Gasteiger partial charge on any atom is 0.508 e. The minimum Gasteiger partial charge on any atom is -0.435 e. The molecule has 0 saturated heterocycles. The highest BCUT2D eigenvalue weighted by Gasteiger charge is 2.24. The number of hydrogen-bond acceptors (Lipinski definition) is 6. The van der Waals surface area contributed by atoms with Crippen molar-refractivity contribution in [3.05, 3.63) is 0 Å². The fourth-order valence-electron chi connectivity index (χ4n) is 1.99. The summed E-state index contributed by atoms with van der Waals surface area (Å²) >= 11 is 0. The minimum atomic E-state index is -0.768. The lowest BCUT2D eigenvalue weighted by Gasteiger charge is -2.24. The van der Waals surface area contributed by atoms with E-state index in [1.54, 1.807) is 20.8 Å². The van der Waals surface area contributed by atoms with E-state index in [4.69, 9.17) is 14.2 Å². The van der Waals surface area contributed by atoms with Crippen molar-refractivity contribution in [1.29, 1.82) is 0 Å². The van der Waals surface area contributed by atoms with Crippen molar-refractivity contribution in [3.63, 3.8) is 0 Å². The second-order valence-corrected chi connectivity index (χ2v) is 4.96. The average Bonchev–Trinajstić information content (AvgIpc) is 2.39. The van der Waals surface area contributed by atoms with E-state index >= 15 is 0 Å². The van der Waals surface area contributed by atoms with E-state index in [0.29, 0.717) is 0 Å². The summed E-state index contributed by atoms with van der Waals surface area (Å²) in [4.78, 5) is 22.8. The number of ether oxygens (including phenoxy) is 4. The van der Waals surface area contributed by atoms with Crippen LogP contribution in [0.1, 0.15) is 52.9 Å². The van der Waals surface area contributed by atoms with Gasteiger partial charge in [-0.25, -0.2) is 9.59 Å². The molecule has 0 amide bonds. The Kier molecular flexibility index (Phi) is 7.18. The van der Waals surface area contributed by atoms with E-state index in [2.05, 4.69) is 4.74 Å². The van der Waals surface area contributed by atoms with Gasteiger partial charge in [-0.15, -0.1) is 0 Å². The predicted molar refractivity (Wildman–Crippen MR) is 71.5 cm³/mol. The Labute approximate surface area is 119 Å². The van der Waals surface area contributed by atoms with Crippen molar-refractivity contribution < 1.29 is 28.5 Å². The zero-order valence-corrected chi connectivity index (χ0v) is 12.4. The molecule has 2 unspecified atom stereocenters. The van der Waals surface area contributed by atoms with Crippen molar-refractivity contribution in [3.8, 4) is 0 Å². The van der Waals surface area contributed by atoms with Crippen LogP contribution in [0.3, 0.4) is 0 Å². The summed E-state index contributed by atoms with van der Waals surface area (Å²) < 4.78 is 19.9. The third-order valence-corrected chi connectivity index (χ3v) is 3.30. The summed E-state index contributed by atoms with van der Waals surface area (Å²) in [6, 6.07) is 0. The van der Waals surface area contributed by atoms with E-state index in [0.717, 1.165) is 25.7 Å². The molecule has 0 aromatic heterocycles. The first-order valence-corrected chi connectivity index (χ1v) is 7.23. The van der Waals surface area contributed by atoms with E-state index < -0.39 is 24.5 Å². The molecule has 1 aliphatic carbocycles. The summed E-state index contributed by atoms with van der Waals surface area (Å²) in [6.45, 7) is 5.21. The van der Waals surface area contributed by atoms with Gasteiger partial charge in [0.2, 0.25) is 0 Å². The van der Waals surface area contributed by atoms with Crippen molar-refractivity contribution in [1.82, 2.24) is 0 Å². The number of carbonyl (C=O) groups is 2. The molecular weight excluding hydrogens is 264 g/mol. The maximum atomic E-state index is 11.6. The van der Waals surface area contributed by atoms with Crippen molar-refractivity contribution in [2.75, 3.05) is 6.61 Å². The Morgan fingerprint density at radius 3 is 2.10 bits per heavy atom. The predicted octanol–water partition coefficient (Wildman–Crippen LogP) is 3.42. The lowest BCUT2D eigenvalue weighted by molar-refractivity contribution is -0.0544. The van der Waals surface area contributed by atoms with Crippen LogP contribution in [0.2, 0.25) is 0 Å². The molecular formula is C14H24O6. The van der Waals surface area contributed by atoms with Gasteiger partial charge in [0.1, 0.15) is 18.3 Å². The Hall–Kier alpha value is -1.46. The smallest absolute Gasteiger partial charge is 0.435 e. The van der Waals surface area contributed by atoms with Crippen LogP contribution in [0.4, 0.5) is 9.59 Å². The summed E-state index contributed by atoms with van der Waals surface area (Å²) in [5.74, 6) is 0. The van der Waals surface area contributed by atoms with Crippen LogP contribution in [-0.4, -0.2) is 37.2 Å². The number of carbonyl (C=O) groups excluding carboxylic acids is 2. The molecule has 6 nitrogen and oxygen atoms in total. The molecule has 0 aromatic carbocycles. The topological polar surface area (TPSA) is 71.1 Å². The molecule has 20 heavy (non-hydrogen) atoms. The number of hydrogen-bond donors (Lipinski definition) is 0. The molecule has 1 saturated carbocycles. The molecule has 0 bridgehead atoms. The van der Waals surface area contributed by atoms with Gasteiger partial charge in [-0.3, -0.25) is 0 Å². The monoisotopic (exact) mass is 288 g/mol. The van der Waals surface area contributed by atoms with Crippen molar-refractivity contribution in [2.24, 2.45) is 0 Å². The Morgan fingerprint density at radius 2 is 1.55 bits per heavy atom. The normalized spacial score (nSPS) is 18.8. The molecule has 6 heteroatoms. The quantitative estimate of drug-likeness (QED) is 0.722. The summed E-state index contributed by atoms with van der Waals surface area (Å²) in [5, 5.41) is 0. The fourth-order valence-corrected chi connectivity index (χ4v) is 1.99. The molecule has 116 valence electrons. The van der Waals surface area contributed by atoms with E-state index in [1.165, 1.54) is 6.42 Å². The molecule has 0 heterocycles. The van der Waals surface area contributed by atoms with Gasteiger partial charge < -0.3 is 18.9 Å². The van der Waals surface area contributed by atoms with Gasteiger partial charge in [-0.1, -0.05) is 6.42 Å². The zero-order chi connectivity index (χ0) is 15.0. The molecule has 1 rings (SSSR count). The highest BCUT2D eigenvalue weighted by Crippen LogP contribution is 2.21. The SMILES string of the molecule is CCOC(=O)OC(C)C(C)OC(=O)OC1CCCCC1. The van der Waals surface area contributed by atoms with Crippen LogP contribution >= 0.6 is 0 Å². The van der Waals surface area contributed by atoms with Gasteiger partial charge in [0, 0.05) is 0 Å². The van der Waals surface area contributed by atoms with Gasteiger partial charge in [0.05, 0.1) is 6.61 Å². The van der Waals surface area contributed by atoms with Crippen LogP contribution < -0.4 is 0 Å². The van der Waals surface area contributed by atoms with Gasteiger partial charge in [0.15, 0.2) is 0 Å².